The summed E-state index contributed by atoms with van der Waals surface area (Å²) in [6.07, 6.45) is 1.16. The molecule has 0 radical (unpaired) electrons. The molecule has 7 heteroatoms. The van der Waals surface area contributed by atoms with E-state index < -0.39 is 5.97 Å². The Morgan fingerprint density at radius 3 is 3.00 bits per heavy atom. The minimum absolute atomic E-state index is 0.0111. The minimum atomic E-state index is -0.825. The summed E-state index contributed by atoms with van der Waals surface area (Å²) in [6, 6.07) is 0.575. The molecule has 6 nitrogen and oxygen atoms in total. The lowest BCUT2D eigenvalue weighted by molar-refractivity contribution is -0.136. The summed E-state index contributed by atoms with van der Waals surface area (Å²) in [6.45, 7) is 5.68. The second-order valence-electron chi connectivity index (χ2n) is 5.23. The van der Waals surface area contributed by atoms with Crippen LogP contribution in [0.5, 0.6) is 0 Å². The van der Waals surface area contributed by atoms with Crippen LogP contribution in [0.4, 0.5) is 5.13 Å². The molecular formula is C13H19N3O3S. The maximum absolute atomic E-state index is 10.7. The molecule has 20 heavy (non-hydrogen) atoms. The molecule has 110 valence electrons. The molecule has 3 heterocycles. The lowest BCUT2D eigenvalue weighted by atomic mass is 10.2. The van der Waals surface area contributed by atoms with Crippen LogP contribution < -0.4 is 4.90 Å². The van der Waals surface area contributed by atoms with E-state index in [4.69, 9.17) is 9.84 Å². The number of ether oxygens (including phenoxy) is 1. The number of aromatic nitrogens is 1. The topological polar surface area (TPSA) is 65.9 Å². The summed E-state index contributed by atoms with van der Waals surface area (Å²) < 4.78 is 5.39. The standard InChI is InChI=1S/C13H19N3O3S/c17-12(18)7-10-9-20-13(14-10)16-2-1-11(8-16)15-3-5-19-6-4-15/h9,11H,1-8H2,(H,17,18). The van der Waals surface area contributed by atoms with E-state index in [0.717, 1.165) is 50.9 Å². The van der Waals surface area contributed by atoms with Crippen molar-refractivity contribution in [2.24, 2.45) is 0 Å². The smallest absolute Gasteiger partial charge is 0.309 e. The molecule has 3 rings (SSSR count). The van der Waals surface area contributed by atoms with Crippen LogP contribution in [0.3, 0.4) is 0 Å². The van der Waals surface area contributed by atoms with Gasteiger partial charge in [-0.15, -0.1) is 11.3 Å². The van der Waals surface area contributed by atoms with Crippen molar-refractivity contribution in [2.45, 2.75) is 18.9 Å². The Balaban J connectivity index is 1.58. The molecule has 0 aliphatic carbocycles. The minimum Gasteiger partial charge on any atom is -0.481 e. The number of nitrogens with zero attached hydrogens (tertiary/aromatic N) is 3. The maximum Gasteiger partial charge on any atom is 0.309 e. The van der Waals surface area contributed by atoms with E-state index in [2.05, 4.69) is 14.8 Å². The highest BCUT2D eigenvalue weighted by atomic mass is 32.1. The summed E-state index contributed by atoms with van der Waals surface area (Å²) in [5, 5.41) is 11.6. The van der Waals surface area contributed by atoms with Crippen molar-refractivity contribution in [3.8, 4) is 0 Å². The van der Waals surface area contributed by atoms with E-state index in [0.29, 0.717) is 11.7 Å². The molecule has 0 spiro atoms. The number of morpholine rings is 1. The van der Waals surface area contributed by atoms with Crippen LogP contribution in [0.15, 0.2) is 5.38 Å². The van der Waals surface area contributed by atoms with Gasteiger partial charge in [0.15, 0.2) is 5.13 Å². The molecule has 2 aliphatic heterocycles. The van der Waals surface area contributed by atoms with Gasteiger partial charge < -0.3 is 14.7 Å². The zero-order chi connectivity index (χ0) is 13.9. The highest BCUT2D eigenvalue weighted by molar-refractivity contribution is 7.13. The van der Waals surface area contributed by atoms with Crippen LogP contribution in [0.2, 0.25) is 0 Å². The highest BCUT2D eigenvalue weighted by Crippen LogP contribution is 2.26. The first-order chi connectivity index (χ1) is 9.72. The van der Waals surface area contributed by atoms with E-state index in [-0.39, 0.29) is 6.42 Å². The van der Waals surface area contributed by atoms with Gasteiger partial charge in [0, 0.05) is 37.6 Å². The summed E-state index contributed by atoms with van der Waals surface area (Å²) in [7, 11) is 0. The van der Waals surface area contributed by atoms with Gasteiger partial charge in [-0.25, -0.2) is 4.98 Å². The van der Waals surface area contributed by atoms with E-state index in [1.807, 2.05) is 5.38 Å². The zero-order valence-electron chi connectivity index (χ0n) is 11.3. The molecule has 1 atom stereocenters. The van der Waals surface area contributed by atoms with Crippen molar-refractivity contribution in [3.63, 3.8) is 0 Å². The predicted octanol–water partition coefficient (Wildman–Crippen LogP) is 0.681. The highest BCUT2D eigenvalue weighted by Gasteiger charge is 2.30. The number of hydrogen-bond acceptors (Lipinski definition) is 6. The fraction of sp³-hybridized carbons (Fsp3) is 0.692. The molecule has 0 aromatic carbocycles. The number of carboxylic acid groups (broad SMARTS) is 1. The van der Waals surface area contributed by atoms with Gasteiger partial charge in [0.2, 0.25) is 0 Å². The number of thiazole rings is 1. The van der Waals surface area contributed by atoms with Gasteiger partial charge in [-0.3, -0.25) is 9.69 Å². The molecule has 0 amide bonds. The fourth-order valence-corrected chi connectivity index (χ4v) is 3.70. The molecule has 1 aromatic heterocycles. The summed E-state index contributed by atoms with van der Waals surface area (Å²) in [5.74, 6) is -0.825. The molecule has 1 unspecified atom stereocenters. The number of anilines is 1. The van der Waals surface area contributed by atoms with Gasteiger partial charge in [-0.05, 0) is 6.42 Å². The third kappa shape index (κ3) is 3.11. The molecule has 0 saturated carbocycles. The van der Waals surface area contributed by atoms with Crippen LogP contribution in [-0.4, -0.2) is 66.4 Å². The van der Waals surface area contributed by atoms with Crippen molar-refractivity contribution >= 4 is 22.4 Å². The largest absolute Gasteiger partial charge is 0.481 e. The second kappa shape index (κ2) is 6.07. The molecule has 1 aromatic rings. The lowest BCUT2D eigenvalue weighted by Gasteiger charge is -2.32. The first-order valence-corrected chi connectivity index (χ1v) is 7.83. The summed E-state index contributed by atoms with van der Waals surface area (Å²) in [5.41, 5.74) is 0.660. The Labute approximate surface area is 122 Å². The Morgan fingerprint density at radius 1 is 1.45 bits per heavy atom. The first-order valence-electron chi connectivity index (χ1n) is 6.95. The normalized spacial score (nSPS) is 24.2. The van der Waals surface area contributed by atoms with Crippen LogP contribution in [-0.2, 0) is 16.0 Å². The Bertz CT molecular complexity index is 473. The fourth-order valence-electron chi connectivity index (χ4n) is 2.83. The average molecular weight is 297 g/mol. The number of hydrogen-bond donors (Lipinski definition) is 1. The monoisotopic (exact) mass is 297 g/mol. The van der Waals surface area contributed by atoms with E-state index in [1.54, 1.807) is 11.3 Å². The summed E-state index contributed by atoms with van der Waals surface area (Å²) in [4.78, 5) is 19.9. The summed E-state index contributed by atoms with van der Waals surface area (Å²) >= 11 is 1.55. The van der Waals surface area contributed by atoms with Gasteiger partial charge in [0.05, 0.1) is 25.3 Å². The van der Waals surface area contributed by atoms with E-state index in [9.17, 15) is 4.79 Å². The van der Waals surface area contributed by atoms with Crippen molar-refractivity contribution in [1.29, 1.82) is 0 Å². The van der Waals surface area contributed by atoms with Crippen molar-refractivity contribution in [3.05, 3.63) is 11.1 Å². The van der Waals surface area contributed by atoms with Crippen molar-refractivity contribution in [2.75, 3.05) is 44.3 Å². The Hall–Kier alpha value is -1.18. The third-order valence-corrected chi connectivity index (χ3v) is 4.82. The Morgan fingerprint density at radius 2 is 2.25 bits per heavy atom. The van der Waals surface area contributed by atoms with Gasteiger partial charge in [0.25, 0.3) is 0 Å². The number of carboxylic acids is 1. The molecule has 2 fully saturated rings. The van der Waals surface area contributed by atoms with Gasteiger partial charge in [-0.2, -0.15) is 0 Å². The molecule has 2 saturated heterocycles. The predicted molar refractivity (Wildman–Crippen MR) is 76.5 cm³/mol. The van der Waals surface area contributed by atoms with Crippen LogP contribution in [0.25, 0.3) is 0 Å². The molecule has 2 aliphatic rings. The van der Waals surface area contributed by atoms with E-state index in [1.165, 1.54) is 0 Å². The van der Waals surface area contributed by atoms with Crippen LogP contribution >= 0.6 is 11.3 Å². The Kier molecular flexibility index (Phi) is 4.18. The van der Waals surface area contributed by atoms with Gasteiger partial charge >= 0.3 is 5.97 Å². The number of rotatable bonds is 4. The lowest BCUT2D eigenvalue weighted by Crippen LogP contribution is -2.44. The second-order valence-corrected chi connectivity index (χ2v) is 6.07. The average Bonchev–Trinajstić information content (AvgIpc) is 3.07. The number of carbonyl (C=O) groups is 1. The van der Waals surface area contributed by atoms with Gasteiger partial charge in [0.1, 0.15) is 0 Å². The SMILES string of the molecule is O=C(O)Cc1csc(N2CCC(N3CCOCC3)C2)n1. The zero-order valence-corrected chi connectivity index (χ0v) is 12.1. The van der Waals surface area contributed by atoms with Gasteiger partial charge in [-0.1, -0.05) is 0 Å². The maximum atomic E-state index is 10.7. The van der Waals surface area contributed by atoms with Crippen LogP contribution in [0.1, 0.15) is 12.1 Å². The van der Waals surface area contributed by atoms with Crippen molar-refractivity contribution < 1.29 is 14.6 Å². The van der Waals surface area contributed by atoms with Crippen LogP contribution in [0, 0.1) is 0 Å². The van der Waals surface area contributed by atoms with Crippen molar-refractivity contribution in [1.82, 2.24) is 9.88 Å². The first kappa shape index (κ1) is 13.8. The molecule has 0 bridgehead atoms. The quantitative estimate of drug-likeness (QED) is 0.882. The third-order valence-electron chi connectivity index (χ3n) is 3.87. The molecule has 1 N–H and O–H groups in total. The molecular weight excluding hydrogens is 278 g/mol. The van der Waals surface area contributed by atoms with E-state index >= 15 is 0 Å². The number of aliphatic carboxylic acids is 1.